The van der Waals surface area contributed by atoms with Crippen molar-refractivity contribution in [3.05, 3.63) is 41.5 Å². The predicted octanol–water partition coefficient (Wildman–Crippen LogP) is 4.19. The highest BCUT2D eigenvalue weighted by atomic mass is 16.5. The van der Waals surface area contributed by atoms with Crippen LogP contribution in [0.4, 0.5) is 0 Å². The van der Waals surface area contributed by atoms with Crippen molar-refractivity contribution in [2.45, 2.75) is 45.1 Å². The van der Waals surface area contributed by atoms with Crippen LogP contribution in [0.1, 0.15) is 43.2 Å². The number of fused-ring (bicyclic) bond motifs is 1. The molecule has 1 aliphatic heterocycles. The van der Waals surface area contributed by atoms with Gasteiger partial charge in [0.2, 0.25) is 0 Å². The number of allylic oxidation sites excluding steroid dienone is 1. The van der Waals surface area contributed by atoms with Crippen molar-refractivity contribution in [1.29, 1.82) is 0 Å². The number of ether oxygens (including phenoxy) is 1. The van der Waals surface area contributed by atoms with Crippen LogP contribution in [-0.4, -0.2) is 25.1 Å². The largest absolute Gasteiger partial charge is 0.493 e. The molecule has 3 rings (SSSR count). The quantitative estimate of drug-likeness (QED) is 0.752. The van der Waals surface area contributed by atoms with Crippen LogP contribution in [0, 0.1) is 5.92 Å². The van der Waals surface area contributed by atoms with E-state index in [1.165, 1.54) is 36.8 Å². The van der Waals surface area contributed by atoms with Crippen molar-refractivity contribution in [3.63, 3.8) is 0 Å². The lowest BCUT2D eigenvalue weighted by atomic mass is 10.0. The summed E-state index contributed by atoms with van der Waals surface area (Å²) in [4.78, 5) is 2.37. The van der Waals surface area contributed by atoms with E-state index in [1.807, 2.05) is 0 Å². The van der Waals surface area contributed by atoms with E-state index in [0.717, 1.165) is 44.2 Å². The topological polar surface area (TPSA) is 12.5 Å². The number of nitrogens with zero attached hydrogens (tertiary/aromatic N) is 1. The van der Waals surface area contributed by atoms with E-state index in [0.29, 0.717) is 0 Å². The van der Waals surface area contributed by atoms with Crippen molar-refractivity contribution < 1.29 is 4.74 Å². The molecule has 2 nitrogen and oxygen atoms in total. The Bertz CT molecular complexity index is 488. The zero-order valence-corrected chi connectivity index (χ0v) is 13.2. The maximum absolute atomic E-state index is 5.76. The van der Waals surface area contributed by atoms with Crippen LogP contribution >= 0.6 is 0 Å². The summed E-state index contributed by atoms with van der Waals surface area (Å²) in [7, 11) is 2.19. The van der Waals surface area contributed by atoms with E-state index in [4.69, 9.17) is 4.74 Å². The Labute approximate surface area is 128 Å². The molecule has 0 radical (unpaired) electrons. The molecule has 114 valence electrons. The number of hydrogen-bond acceptors (Lipinski definition) is 2. The van der Waals surface area contributed by atoms with Crippen LogP contribution < -0.4 is 4.74 Å². The second kappa shape index (κ2) is 7.13. The number of rotatable bonds is 5. The van der Waals surface area contributed by atoms with Gasteiger partial charge in [0.1, 0.15) is 5.75 Å². The summed E-state index contributed by atoms with van der Waals surface area (Å²) < 4.78 is 5.76. The standard InChI is InChI=1S/C19H27NO/c1-20(12-4-8-16-6-2-3-7-16)15-17-10-11-18-9-5-13-21-19(18)14-17/h4,8,10-11,14,16H,2-3,5-7,9,12-13,15H2,1H3. The molecule has 0 bridgehead atoms. The summed E-state index contributed by atoms with van der Waals surface area (Å²) in [5, 5.41) is 0. The molecule has 2 aliphatic rings. The van der Waals surface area contributed by atoms with Gasteiger partial charge in [-0.25, -0.2) is 0 Å². The Morgan fingerprint density at radius 2 is 2.10 bits per heavy atom. The zero-order chi connectivity index (χ0) is 14.5. The molecule has 0 spiro atoms. The normalized spacial score (nSPS) is 19.1. The number of hydrogen-bond donors (Lipinski definition) is 0. The fraction of sp³-hybridized carbons (Fsp3) is 0.579. The number of aryl methyl sites for hydroxylation is 1. The van der Waals surface area contributed by atoms with Crippen LogP contribution in [0.2, 0.25) is 0 Å². The summed E-state index contributed by atoms with van der Waals surface area (Å²) in [6.07, 6.45) is 12.7. The van der Waals surface area contributed by atoms with Gasteiger partial charge < -0.3 is 4.74 Å². The third-order valence-electron chi connectivity index (χ3n) is 4.66. The lowest BCUT2D eigenvalue weighted by Crippen LogP contribution is -2.18. The second-order valence-electron chi connectivity index (χ2n) is 6.56. The van der Waals surface area contributed by atoms with Gasteiger partial charge in [0, 0.05) is 13.1 Å². The van der Waals surface area contributed by atoms with Gasteiger partial charge in [-0.05, 0) is 55.8 Å². The Morgan fingerprint density at radius 1 is 1.24 bits per heavy atom. The van der Waals surface area contributed by atoms with Gasteiger partial charge in [0.25, 0.3) is 0 Å². The first-order valence-electron chi connectivity index (χ1n) is 8.41. The van der Waals surface area contributed by atoms with E-state index >= 15 is 0 Å². The molecule has 1 heterocycles. The maximum Gasteiger partial charge on any atom is 0.122 e. The molecular formula is C19H27NO. The second-order valence-corrected chi connectivity index (χ2v) is 6.56. The minimum atomic E-state index is 0.843. The lowest BCUT2D eigenvalue weighted by Gasteiger charge is -2.20. The molecule has 1 aromatic rings. The molecule has 0 unspecified atom stereocenters. The maximum atomic E-state index is 5.76. The van der Waals surface area contributed by atoms with Crippen LogP contribution in [0.3, 0.4) is 0 Å². The summed E-state index contributed by atoms with van der Waals surface area (Å²) in [6, 6.07) is 6.72. The van der Waals surface area contributed by atoms with Crippen molar-refractivity contribution in [1.82, 2.24) is 4.90 Å². The first-order valence-corrected chi connectivity index (χ1v) is 8.41. The van der Waals surface area contributed by atoms with E-state index < -0.39 is 0 Å². The molecule has 0 aromatic heterocycles. The molecule has 1 fully saturated rings. The van der Waals surface area contributed by atoms with E-state index in [2.05, 4.69) is 42.3 Å². The van der Waals surface area contributed by atoms with Gasteiger partial charge in [-0.2, -0.15) is 0 Å². The Balaban J connectivity index is 1.51. The van der Waals surface area contributed by atoms with Gasteiger partial charge in [0.15, 0.2) is 0 Å². The van der Waals surface area contributed by atoms with Gasteiger partial charge in [-0.3, -0.25) is 4.90 Å². The molecule has 21 heavy (non-hydrogen) atoms. The molecule has 1 aromatic carbocycles. The highest BCUT2D eigenvalue weighted by Gasteiger charge is 2.12. The van der Waals surface area contributed by atoms with Gasteiger partial charge in [-0.1, -0.05) is 37.1 Å². The van der Waals surface area contributed by atoms with Crippen LogP contribution in [0.25, 0.3) is 0 Å². The first kappa shape index (κ1) is 14.6. The average Bonchev–Trinajstić information content (AvgIpc) is 3.00. The molecular weight excluding hydrogens is 258 g/mol. The van der Waals surface area contributed by atoms with Crippen LogP contribution in [0.5, 0.6) is 5.75 Å². The minimum absolute atomic E-state index is 0.843. The van der Waals surface area contributed by atoms with Crippen molar-refractivity contribution in [3.8, 4) is 5.75 Å². The van der Waals surface area contributed by atoms with E-state index in [1.54, 1.807) is 0 Å². The van der Waals surface area contributed by atoms with Gasteiger partial charge in [-0.15, -0.1) is 0 Å². The van der Waals surface area contributed by atoms with E-state index in [-0.39, 0.29) is 0 Å². The molecule has 0 atom stereocenters. The van der Waals surface area contributed by atoms with Gasteiger partial charge in [0.05, 0.1) is 6.61 Å². The highest BCUT2D eigenvalue weighted by Crippen LogP contribution is 2.27. The lowest BCUT2D eigenvalue weighted by molar-refractivity contribution is 0.287. The van der Waals surface area contributed by atoms with Crippen LogP contribution in [-0.2, 0) is 13.0 Å². The third-order valence-corrected chi connectivity index (χ3v) is 4.66. The number of likely N-dealkylation sites (N-methyl/N-ethyl adjacent to an activating group) is 1. The third kappa shape index (κ3) is 4.10. The summed E-state index contributed by atoms with van der Waals surface area (Å²) in [5.74, 6) is 1.95. The van der Waals surface area contributed by atoms with Crippen molar-refractivity contribution in [2.75, 3.05) is 20.2 Å². The minimum Gasteiger partial charge on any atom is -0.493 e. The SMILES string of the molecule is CN(CC=CC1CCCC1)Cc1ccc2c(c1)OCCC2. The molecule has 1 aliphatic carbocycles. The highest BCUT2D eigenvalue weighted by molar-refractivity contribution is 5.38. The molecule has 1 saturated carbocycles. The van der Waals surface area contributed by atoms with Crippen molar-refractivity contribution in [2.24, 2.45) is 5.92 Å². The predicted molar refractivity (Wildman–Crippen MR) is 87.7 cm³/mol. The van der Waals surface area contributed by atoms with Crippen LogP contribution in [0.15, 0.2) is 30.4 Å². The Kier molecular flexibility index (Phi) is 4.97. The molecule has 2 heteroatoms. The Morgan fingerprint density at radius 3 is 2.95 bits per heavy atom. The molecule has 0 N–H and O–H groups in total. The monoisotopic (exact) mass is 285 g/mol. The number of benzene rings is 1. The smallest absolute Gasteiger partial charge is 0.122 e. The van der Waals surface area contributed by atoms with Crippen molar-refractivity contribution >= 4 is 0 Å². The fourth-order valence-corrected chi connectivity index (χ4v) is 3.44. The average molecular weight is 285 g/mol. The van der Waals surface area contributed by atoms with E-state index in [9.17, 15) is 0 Å². The first-order chi connectivity index (χ1) is 10.3. The zero-order valence-electron chi connectivity index (χ0n) is 13.2. The summed E-state index contributed by atoms with van der Waals surface area (Å²) >= 11 is 0. The summed E-state index contributed by atoms with van der Waals surface area (Å²) in [5.41, 5.74) is 2.72. The fourth-order valence-electron chi connectivity index (χ4n) is 3.44. The molecule has 0 amide bonds. The Hall–Kier alpha value is -1.28. The van der Waals surface area contributed by atoms with Gasteiger partial charge >= 0.3 is 0 Å². The molecule has 0 saturated heterocycles. The summed E-state index contributed by atoms with van der Waals surface area (Å²) in [6.45, 7) is 2.90.